The monoisotopic (exact) mass is 462 g/mol. The molecule has 2 N–H and O–H groups in total. The Balaban J connectivity index is 1.47. The lowest BCUT2D eigenvalue weighted by Crippen LogP contribution is -2.34. The Morgan fingerprint density at radius 1 is 1.06 bits per heavy atom. The van der Waals surface area contributed by atoms with Crippen LogP contribution in [0, 0.1) is 24.0 Å². The van der Waals surface area contributed by atoms with Crippen LogP contribution in [-0.2, 0) is 0 Å². The zero-order valence-corrected chi connectivity index (χ0v) is 18.8. The number of aryl methyl sites for hydroxylation is 2. The average molecular weight is 463 g/mol. The number of thiocarbonyl (C=S) groups is 1. The Morgan fingerprint density at radius 2 is 1.84 bits per heavy atom. The van der Waals surface area contributed by atoms with E-state index in [1.165, 1.54) is 18.2 Å². The summed E-state index contributed by atoms with van der Waals surface area (Å²) in [5.74, 6) is -0.519. The van der Waals surface area contributed by atoms with Crippen LogP contribution in [0.15, 0.2) is 60.7 Å². The third-order valence-corrected chi connectivity index (χ3v) is 6.20. The van der Waals surface area contributed by atoms with Crippen molar-refractivity contribution < 1.29 is 9.72 Å². The number of anilines is 1. The Bertz CT molecular complexity index is 1350. The van der Waals surface area contributed by atoms with Gasteiger partial charge < -0.3 is 5.32 Å². The highest BCUT2D eigenvalue weighted by Crippen LogP contribution is 2.32. The van der Waals surface area contributed by atoms with Gasteiger partial charge in [0.15, 0.2) is 5.11 Å². The van der Waals surface area contributed by atoms with Gasteiger partial charge >= 0.3 is 0 Å². The number of rotatable bonds is 4. The molecule has 0 saturated carbocycles. The molecule has 0 aliphatic heterocycles. The van der Waals surface area contributed by atoms with Crippen LogP contribution < -0.4 is 10.6 Å². The molecule has 4 rings (SSSR count). The van der Waals surface area contributed by atoms with E-state index < -0.39 is 10.8 Å². The largest absolute Gasteiger partial charge is 0.332 e. The summed E-state index contributed by atoms with van der Waals surface area (Å²) in [7, 11) is 0. The van der Waals surface area contributed by atoms with Crippen molar-refractivity contribution in [3.63, 3.8) is 0 Å². The van der Waals surface area contributed by atoms with Crippen molar-refractivity contribution in [2.45, 2.75) is 13.8 Å². The Labute approximate surface area is 193 Å². The minimum Gasteiger partial charge on any atom is -0.332 e. The molecule has 1 amide bonds. The predicted molar refractivity (Wildman–Crippen MR) is 131 cm³/mol. The summed E-state index contributed by atoms with van der Waals surface area (Å²) in [5.41, 5.74) is 4.17. The predicted octanol–water partition coefficient (Wildman–Crippen LogP) is 5.62. The highest BCUT2D eigenvalue weighted by molar-refractivity contribution is 7.80. The molecule has 4 aromatic rings. The highest BCUT2D eigenvalue weighted by atomic mass is 32.1. The van der Waals surface area contributed by atoms with Crippen molar-refractivity contribution >= 4 is 56.2 Å². The molecule has 0 spiro atoms. The zero-order valence-electron chi connectivity index (χ0n) is 17.2. The summed E-state index contributed by atoms with van der Waals surface area (Å²) in [6, 6.07) is 18.1. The molecule has 0 radical (unpaired) electrons. The number of nitro benzene ring substituents is 1. The van der Waals surface area contributed by atoms with Crippen molar-refractivity contribution in [2.75, 3.05) is 5.32 Å². The second kappa shape index (κ2) is 8.81. The lowest BCUT2D eigenvalue weighted by Gasteiger charge is -2.12. The number of nitrogens with zero attached hydrogens (tertiary/aromatic N) is 2. The van der Waals surface area contributed by atoms with Gasteiger partial charge in [0.1, 0.15) is 5.01 Å². The SMILES string of the molecule is Cc1cc(-c2nc3ccccc3s2)ccc1NC(=S)NC(=O)c1ccc(C)c([N+](=O)[O-])c1. The molecular formula is C23H18N4O3S2. The summed E-state index contributed by atoms with van der Waals surface area (Å²) in [5, 5.41) is 17.7. The van der Waals surface area contributed by atoms with Crippen LogP contribution in [0.1, 0.15) is 21.5 Å². The Hall–Kier alpha value is -3.69. The van der Waals surface area contributed by atoms with Gasteiger partial charge in [-0.1, -0.05) is 18.2 Å². The highest BCUT2D eigenvalue weighted by Gasteiger charge is 2.16. The Kier molecular flexibility index (Phi) is 5.93. The number of nitro groups is 1. The van der Waals surface area contributed by atoms with Gasteiger partial charge in [0.25, 0.3) is 11.6 Å². The second-order valence-corrected chi connectivity index (χ2v) is 8.62. The molecular weight excluding hydrogens is 444 g/mol. The number of nitrogens with one attached hydrogen (secondary N) is 2. The first-order chi connectivity index (χ1) is 15.3. The number of thiazole rings is 1. The van der Waals surface area contributed by atoms with Gasteiger partial charge in [0.2, 0.25) is 0 Å². The fourth-order valence-corrected chi connectivity index (χ4v) is 4.37. The number of carbonyl (C=O) groups excluding carboxylic acids is 1. The van der Waals surface area contributed by atoms with Crippen LogP contribution in [-0.4, -0.2) is 20.9 Å². The number of hydrogen-bond donors (Lipinski definition) is 2. The summed E-state index contributed by atoms with van der Waals surface area (Å²) in [4.78, 5) is 27.7. The molecule has 0 saturated heterocycles. The van der Waals surface area contributed by atoms with Gasteiger partial charge in [0, 0.05) is 28.4 Å². The lowest BCUT2D eigenvalue weighted by atomic mass is 10.1. The molecule has 0 unspecified atom stereocenters. The van der Waals surface area contributed by atoms with Gasteiger partial charge in [-0.05, 0) is 68.0 Å². The topological polar surface area (TPSA) is 97.2 Å². The number of hydrogen-bond acceptors (Lipinski definition) is 6. The maximum Gasteiger partial charge on any atom is 0.273 e. The van der Waals surface area contributed by atoms with Crippen LogP contribution in [0.2, 0.25) is 0 Å². The van der Waals surface area contributed by atoms with E-state index in [1.54, 1.807) is 18.3 Å². The lowest BCUT2D eigenvalue weighted by molar-refractivity contribution is -0.385. The number of benzene rings is 3. The smallest absolute Gasteiger partial charge is 0.273 e. The molecule has 7 nitrogen and oxygen atoms in total. The van der Waals surface area contributed by atoms with Gasteiger partial charge in [-0.15, -0.1) is 11.3 Å². The van der Waals surface area contributed by atoms with Crippen molar-refractivity contribution in [3.8, 4) is 10.6 Å². The van der Waals surface area contributed by atoms with Crippen molar-refractivity contribution in [1.82, 2.24) is 10.3 Å². The molecule has 1 heterocycles. The van der Waals surface area contributed by atoms with Crippen LogP contribution in [0.3, 0.4) is 0 Å². The molecule has 9 heteroatoms. The van der Waals surface area contributed by atoms with Crippen molar-refractivity contribution in [3.05, 3.63) is 87.5 Å². The minimum absolute atomic E-state index is 0.106. The van der Waals surface area contributed by atoms with E-state index in [0.717, 1.165) is 32.0 Å². The van der Waals surface area contributed by atoms with Crippen molar-refractivity contribution in [1.29, 1.82) is 0 Å². The summed E-state index contributed by atoms with van der Waals surface area (Å²) >= 11 is 6.89. The maximum absolute atomic E-state index is 12.5. The molecule has 1 aromatic heterocycles. The normalized spacial score (nSPS) is 10.7. The van der Waals surface area contributed by atoms with E-state index in [4.69, 9.17) is 12.2 Å². The summed E-state index contributed by atoms with van der Waals surface area (Å²) < 4.78 is 1.13. The third-order valence-electron chi connectivity index (χ3n) is 4.91. The standard InChI is InChI=1S/C23H18N4O3S2/c1-13-7-8-15(12-19(13)27(29)30)21(28)26-23(31)25-17-10-9-16(11-14(17)2)22-24-18-5-3-4-6-20(18)32-22/h3-12H,1-2H3,(H2,25,26,28,31). The van der Waals surface area contributed by atoms with E-state index >= 15 is 0 Å². The maximum atomic E-state index is 12.5. The Morgan fingerprint density at radius 3 is 2.56 bits per heavy atom. The third kappa shape index (κ3) is 4.48. The van der Waals surface area contributed by atoms with Gasteiger partial charge in [-0.3, -0.25) is 20.2 Å². The van der Waals surface area contributed by atoms with Crippen LogP contribution in [0.25, 0.3) is 20.8 Å². The van der Waals surface area contributed by atoms with Gasteiger partial charge in [0.05, 0.1) is 15.1 Å². The summed E-state index contributed by atoms with van der Waals surface area (Å²) in [6.45, 7) is 3.56. The van der Waals surface area contributed by atoms with E-state index in [1.807, 2.05) is 49.4 Å². The second-order valence-electron chi connectivity index (χ2n) is 7.18. The number of aromatic nitrogens is 1. The number of fused-ring (bicyclic) bond motifs is 1. The number of para-hydroxylation sites is 1. The molecule has 3 aromatic carbocycles. The van der Waals surface area contributed by atoms with Crippen LogP contribution in [0.4, 0.5) is 11.4 Å². The fraction of sp³-hybridized carbons (Fsp3) is 0.0870. The number of amides is 1. The first-order valence-corrected chi connectivity index (χ1v) is 10.9. The van der Waals surface area contributed by atoms with Gasteiger partial charge in [-0.2, -0.15) is 0 Å². The fourth-order valence-electron chi connectivity index (χ4n) is 3.21. The quantitative estimate of drug-likeness (QED) is 0.232. The minimum atomic E-state index is -0.519. The zero-order chi connectivity index (χ0) is 22.8. The average Bonchev–Trinajstić information content (AvgIpc) is 3.19. The van der Waals surface area contributed by atoms with E-state index in [0.29, 0.717) is 5.56 Å². The first-order valence-electron chi connectivity index (χ1n) is 9.66. The van der Waals surface area contributed by atoms with Crippen molar-refractivity contribution in [2.24, 2.45) is 0 Å². The van der Waals surface area contributed by atoms with Crippen LogP contribution >= 0.6 is 23.6 Å². The molecule has 32 heavy (non-hydrogen) atoms. The summed E-state index contributed by atoms with van der Waals surface area (Å²) in [6.07, 6.45) is 0. The molecule has 0 bridgehead atoms. The van der Waals surface area contributed by atoms with Gasteiger partial charge in [-0.25, -0.2) is 4.98 Å². The molecule has 160 valence electrons. The van der Waals surface area contributed by atoms with E-state index in [-0.39, 0.29) is 16.4 Å². The van der Waals surface area contributed by atoms with E-state index in [9.17, 15) is 14.9 Å². The molecule has 0 aliphatic rings. The molecule has 0 atom stereocenters. The molecule has 0 fully saturated rings. The first kappa shape index (κ1) is 21.5. The van der Waals surface area contributed by atoms with Crippen LogP contribution in [0.5, 0.6) is 0 Å². The van der Waals surface area contributed by atoms with E-state index in [2.05, 4.69) is 15.6 Å². The molecule has 0 aliphatic carbocycles. The number of carbonyl (C=O) groups is 1.